The van der Waals surface area contributed by atoms with E-state index in [0.717, 1.165) is 24.2 Å². The maximum Gasteiger partial charge on any atom is 0.311 e. The van der Waals surface area contributed by atoms with Gasteiger partial charge in [-0.2, -0.15) is 5.10 Å². The molecule has 2 unspecified atom stereocenters. The van der Waals surface area contributed by atoms with Crippen LogP contribution in [-0.2, 0) is 16.1 Å². The summed E-state index contributed by atoms with van der Waals surface area (Å²) in [6, 6.07) is 1.60. The molecule has 1 aliphatic rings. The number of carbonyl (C=O) groups excluding carboxylic acids is 1. The fourth-order valence-corrected chi connectivity index (χ4v) is 3.03. The lowest BCUT2D eigenvalue weighted by molar-refractivity contribution is -0.152. The fraction of sp³-hybridized carbons (Fsp3) is 0.667. The fourth-order valence-electron chi connectivity index (χ4n) is 3.03. The molecular formula is C15H23N3O3. The molecular weight excluding hydrogens is 270 g/mol. The Morgan fingerprint density at radius 2 is 2.19 bits per heavy atom. The molecule has 1 amide bonds. The molecule has 0 aromatic carbocycles. The van der Waals surface area contributed by atoms with Gasteiger partial charge in [0.25, 0.3) is 0 Å². The quantitative estimate of drug-likeness (QED) is 0.884. The minimum atomic E-state index is -0.872. The first-order chi connectivity index (χ1) is 9.83. The molecule has 2 N–H and O–H groups in total. The molecule has 0 saturated heterocycles. The summed E-state index contributed by atoms with van der Waals surface area (Å²) in [6.07, 6.45) is 3.17. The van der Waals surface area contributed by atoms with Crippen molar-refractivity contribution in [2.75, 3.05) is 0 Å². The molecule has 1 fully saturated rings. The summed E-state index contributed by atoms with van der Waals surface area (Å²) in [6.45, 7) is 5.63. The predicted molar refractivity (Wildman–Crippen MR) is 77.8 cm³/mol. The van der Waals surface area contributed by atoms with Gasteiger partial charge >= 0.3 is 5.97 Å². The maximum atomic E-state index is 12.2. The Bertz CT molecular complexity index is 552. The Balaban J connectivity index is 2.04. The van der Waals surface area contributed by atoms with Crippen molar-refractivity contribution >= 4 is 11.9 Å². The van der Waals surface area contributed by atoms with E-state index in [0.29, 0.717) is 12.8 Å². The van der Waals surface area contributed by atoms with Gasteiger partial charge in [0.2, 0.25) is 5.91 Å². The molecule has 1 aromatic rings. The highest BCUT2D eigenvalue weighted by Crippen LogP contribution is 2.36. The van der Waals surface area contributed by atoms with E-state index >= 15 is 0 Å². The van der Waals surface area contributed by atoms with Crippen molar-refractivity contribution in [2.24, 2.45) is 5.41 Å². The minimum absolute atomic E-state index is 0.131. The van der Waals surface area contributed by atoms with Crippen molar-refractivity contribution < 1.29 is 14.7 Å². The number of hydrogen-bond acceptors (Lipinski definition) is 3. The molecule has 6 heteroatoms. The van der Waals surface area contributed by atoms with Crippen LogP contribution in [0, 0.1) is 19.3 Å². The first-order valence-electron chi connectivity index (χ1n) is 7.37. The van der Waals surface area contributed by atoms with Gasteiger partial charge in [0.1, 0.15) is 6.54 Å². The lowest BCUT2D eigenvalue weighted by atomic mass is 9.71. The topological polar surface area (TPSA) is 84.2 Å². The second kappa shape index (κ2) is 5.87. The standard InChI is InChI=1S/C15H23N3O3/c1-10-8-11(2)18(17-10)9-13(19)16-12-6-4-5-7-15(12,3)14(20)21/h8,12H,4-7,9H2,1-3H3,(H,16,19)(H,20,21). The van der Waals surface area contributed by atoms with E-state index in [2.05, 4.69) is 10.4 Å². The number of rotatable bonds is 4. The number of amides is 1. The summed E-state index contributed by atoms with van der Waals surface area (Å²) in [4.78, 5) is 23.7. The Labute approximate surface area is 124 Å². The second-order valence-corrected chi connectivity index (χ2v) is 6.17. The number of nitrogens with one attached hydrogen (secondary N) is 1. The Kier molecular flexibility index (Phi) is 4.34. The van der Waals surface area contributed by atoms with Crippen LogP contribution in [0.3, 0.4) is 0 Å². The summed E-state index contributed by atoms with van der Waals surface area (Å²) >= 11 is 0. The van der Waals surface area contributed by atoms with Gasteiger partial charge in [0, 0.05) is 11.7 Å². The van der Waals surface area contributed by atoms with E-state index in [1.807, 2.05) is 19.9 Å². The highest BCUT2D eigenvalue weighted by Gasteiger charge is 2.43. The molecule has 0 radical (unpaired) electrons. The largest absolute Gasteiger partial charge is 0.481 e. The first-order valence-corrected chi connectivity index (χ1v) is 7.37. The van der Waals surface area contributed by atoms with E-state index < -0.39 is 11.4 Å². The van der Waals surface area contributed by atoms with Crippen molar-refractivity contribution in [2.45, 2.75) is 59.0 Å². The average molecular weight is 293 g/mol. The number of nitrogens with zero attached hydrogens (tertiary/aromatic N) is 2. The zero-order valence-corrected chi connectivity index (χ0v) is 12.8. The summed E-state index contributed by atoms with van der Waals surface area (Å²) in [7, 11) is 0. The molecule has 2 atom stereocenters. The highest BCUT2D eigenvalue weighted by molar-refractivity contribution is 5.79. The lowest BCUT2D eigenvalue weighted by Gasteiger charge is -2.38. The van der Waals surface area contributed by atoms with Gasteiger partial charge in [-0.25, -0.2) is 0 Å². The van der Waals surface area contributed by atoms with Crippen molar-refractivity contribution in [1.29, 1.82) is 0 Å². The summed E-state index contributed by atoms with van der Waals surface area (Å²) in [5, 5.41) is 16.6. The Morgan fingerprint density at radius 3 is 2.76 bits per heavy atom. The van der Waals surface area contributed by atoms with Crippen LogP contribution in [0.4, 0.5) is 0 Å². The van der Waals surface area contributed by atoms with E-state index in [-0.39, 0.29) is 18.5 Å². The number of aromatic nitrogens is 2. The molecule has 0 spiro atoms. The number of carboxylic acid groups (broad SMARTS) is 1. The number of carboxylic acids is 1. The third-order valence-electron chi connectivity index (χ3n) is 4.43. The van der Waals surface area contributed by atoms with Gasteiger partial charge in [-0.1, -0.05) is 12.8 Å². The molecule has 1 aromatic heterocycles. The molecule has 21 heavy (non-hydrogen) atoms. The third kappa shape index (κ3) is 3.25. The van der Waals surface area contributed by atoms with Crippen LogP contribution in [0.5, 0.6) is 0 Å². The predicted octanol–water partition coefficient (Wildman–Crippen LogP) is 1.65. The Morgan fingerprint density at radius 1 is 1.48 bits per heavy atom. The third-order valence-corrected chi connectivity index (χ3v) is 4.43. The first kappa shape index (κ1) is 15.5. The van der Waals surface area contributed by atoms with Crippen LogP contribution in [0.1, 0.15) is 44.0 Å². The number of hydrogen-bond donors (Lipinski definition) is 2. The van der Waals surface area contributed by atoms with Crippen LogP contribution in [-0.4, -0.2) is 32.8 Å². The normalized spacial score (nSPS) is 25.6. The van der Waals surface area contributed by atoms with E-state index in [9.17, 15) is 14.7 Å². The van der Waals surface area contributed by atoms with E-state index in [4.69, 9.17) is 0 Å². The molecule has 2 rings (SSSR count). The van der Waals surface area contributed by atoms with Gasteiger partial charge in [0.15, 0.2) is 0 Å². The summed E-state index contributed by atoms with van der Waals surface area (Å²) in [5.41, 5.74) is 0.920. The molecule has 0 aliphatic heterocycles. The van der Waals surface area contributed by atoms with Crippen LogP contribution in [0.2, 0.25) is 0 Å². The monoisotopic (exact) mass is 293 g/mol. The van der Waals surface area contributed by atoms with Gasteiger partial charge in [-0.3, -0.25) is 14.3 Å². The average Bonchev–Trinajstić information content (AvgIpc) is 2.70. The van der Waals surface area contributed by atoms with Crippen LogP contribution < -0.4 is 5.32 Å². The smallest absolute Gasteiger partial charge is 0.311 e. The van der Waals surface area contributed by atoms with Crippen molar-refractivity contribution in [3.8, 4) is 0 Å². The lowest BCUT2D eigenvalue weighted by Crippen LogP contribution is -2.52. The van der Waals surface area contributed by atoms with Gasteiger partial charge in [-0.05, 0) is 39.7 Å². The van der Waals surface area contributed by atoms with Crippen molar-refractivity contribution in [1.82, 2.24) is 15.1 Å². The SMILES string of the molecule is Cc1cc(C)n(CC(=O)NC2CCCCC2(C)C(=O)O)n1. The van der Waals surface area contributed by atoms with Crippen LogP contribution in [0.25, 0.3) is 0 Å². The minimum Gasteiger partial charge on any atom is -0.481 e. The summed E-state index contributed by atoms with van der Waals surface area (Å²) in [5.74, 6) is -1.01. The molecule has 0 bridgehead atoms. The zero-order valence-electron chi connectivity index (χ0n) is 12.8. The van der Waals surface area contributed by atoms with E-state index in [1.54, 1.807) is 11.6 Å². The van der Waals surface area contributed by atoms with Gasteiger partial charge < -0.3 is 10.4 Å². The number of carbonyl (C=O) groups is 2. The Hall–Kier alpha value is -1.85. The molecule has 6 nitrogen and oxygen atoms in total. The van der Waals surface area contributed by atoms with Gasteiger partial charge in [0.05, 0.1) is 11.1 Å². The zero-order chi connectivity index (χ0) is 15.6. The molecule has 1 heterocycles. The number of aliphatic carboxylic acids is 1. The molecule has 1 saturated carbocycles. The number of aryl methyl sites for hydroxylation is 2. The molecule has 1 aliphatic carbocycles. The highest BCUT2D eigenvalue weighted by atomic mass is 16.4. The van der Waals surface area contributed by atoms with Crippen molar-refractivity contribution in [3.63, 3.8) is 0 Å². The maximum absolute atomic E-state index is 12.2. The van der Waals surface area contributed by atoms with Crippen LogP contribution >= 0.6 is 0 Å². The van der Waals surface area contributed by atoms with Gasteiger partial charge in [-0.15, -0.1) is 0 Å². The summed E-state index contributed by atoms with van der Waals surface area (Å²) < 4.78 is 1.64. The molecule has 116 valence electrons. The van der Waals surface area contributed by atoms with Crippen LogP contribution in [0.15, 0.2) is 6.07 Å². The second-order valence-electron chi connectivity index (χ2n) is 6.17. The van der Waals surface area contributed by atoms with Crippen molar-refractivity contribution in [3.05, 3.63) is 17.5 Å². The van der Waals surface area contributed by atoms with E-state index in [1.165, 1.54) is 0 Å².